The number of anilines is 1. The van der Waals surface area contributed by atoms with Crippen molar-refractivity contribution >= 4 is 23.2 Å². The minimum absolute atomic E-state index is 0.0435. The molecule has 27 heavy (non-hydrogen) atoms. The standard InChI is InChI=1S/C21H22N2O4/c1-11-8-17(16-10-12-2-3-13(16)9-12)19-18(11)20(24)22(21(19)25)14-4-6-15(7-5-14)23(26)27/h2-7,11-13,16-19H,8-10H2,1H3. The van der Waals surface area contributed by atoms with Gasteiger partial charge in [-0.1, -0.05) is 19.1 Å². The number of non-ortho nitro benzene ring substituents is 1. The normalized spacial score (nSPS) is 39.4. The van der Waals surface area contributed by atoms with E-state index in [0.717, 1.165) is 12.8 Å². The van der Waals surface area contributed by atoms with E-state index in [0.29, 0.717) is 23.4 Å². The molecule has 3 aliphatic carbocycles. The first kappa shape index (κ1) is 16.7. The zero-order chi connectivity index (χ0) is 18.9. The highest BCUT2D eigenvalue weighted by Gasteiger charge is 2.60. The highest BCUT2D eigenvalue weighted by atomic mass is 16.6. The van der Waals surface area contributed by atoms with Gasteiger partial charge in [-0.05, 0) is 61.0 Å². The van der Waals surface area contributed by atoms with Crippen LogP contribution in [0.15, 0.2) is 36.4 Å². The number of allylic oxidation sites excluding steroid dienone is 2. The lowest BCUT2D eigenvalue weighted by Crippen LogP contribution is -2.35. The van der Waals surface area contributed by atoms with Gasteiger partial charge in [0.05, 0.1) is 22.4 Å². The molecule has 1 aromatic rings. The van der Waals surface area contributed by atoms with Gasteiger partial charge in [-0.15, -0.1) is 0 Å². The lowest BCUT2D eigenvalue weighted by atomic mass is 9.75. The highest BCUT2D eigenvalue weighted by molar-refractivity contribution is 6.22. The van der Waals surface area contributed by atoms with Gasteiger partial charge in [0, 0.05) is 12.1 Å². The van der Waals surface area contributed by atoms with Crippen molar-refractivity contribution in [2.75, 3.05) is 4.90 Å². The summed E-state index contributed by atoms with van der Waals surface area (Å²) in [7, 11) is 0. The Kier molecular flexibility index (Phi) is 3.55. The third kappa shape index (κ3) is 2.32. The summed E-state index contributed by atoms with van der Waals surface area (Å²) in [6.07, 6.45) is 7.90. The van der Waals surface area contributed by atoms with Crippen LogP contribution in [0.1, 0.15) is 26.2 Å². The van der Waals surface area contributed by atoms with Crippen LogP contribution >= 0.6 is 0 Å². The molecule has 2 bridgehead atoms. The number of nitrogens with zero attached hydrogens (tertiary/aromatic N) is 2. The van der Waals surface area contributed by atoms with Crippen molar-refractivity contribution in [2.24, 2.45) is 41.4 Å². The number of carbonyl (C=O) groups is 2. The minimum Gasteiger partial charge on any atom is -0.274 e. The summed E-state index contributed by atoms with van der Waals surface area (Å²) in [5.74, 6) is 1.45. The Balaban J connectivity index is 1.46. The summed E-state index contributed by atoms with van der Waals surface area (Å²) >= 11 is 0. The number of rotatable bonds is 3. The number of amides is 2. The van der Waals surface area contributed by atoms with E-state index < -0.39 is 4.92 Å². The number of imide groups is 1. The van der Waals surface area contributed by atoms with Gasteiger partial charge in [0.25, 0.3) is 5.69 Å². The highest BCUT2D eigenvalue weighted by Crippen LogP contribution is 2.57. The van der Waals surface area contributed by atoms with E-state index in [1.165, 1.54) is 35.6 Å². The molecule has 0 aromatic heterocycles. The molecule has 0 N–H and O–H groups in total. The molecule has 7 unspecified atom stereocenters. The maximum atomic E-state index is 13.3. The Labute approximate surface area is 157 Å². The molecule has 2 saturated carbocycles. The van der Waals surface area contributed by atoms with Crippen LogP contribution in [0.4, 0.5) is 11.4 Å². The van der Waals surface area contributed by atoms with Gasteiger partial charge in [0.2, 0.25) is 11.8 Å². The van der Waals surface area contributed by atoms with Crippen LogP contribution in [0, 0.1) is 51.5 Å². The zero-order valence-electron chi connectivity index (χ0n) is 15.2. The van der Waals surface area contributed by atoms with Crippen molar-refractivity contribution in [3.05, 3.63) is 46.5 Å². The van der Waals surface area contributed by atoms with Gasteiger partial charge in [0.1, 0.15) is 0 Å². The average molecular weight is 366 g/mol. The van der Waals surface area contributed by atoms with Gasteiger partial charge in [-0.3, -0.25) is 24.6 Å². The van der Waals surface area contributed by atoms with Crippen LogP contribution < -0.4 is 4.90 Å². The maximum absolute atomic E-state index is 13.3. The largest absolute Gasteiger partial charge is 0.274 e. The first-order valence-corrected chi connectivity index (χ1v) is 9.76. The predicted octanol–water partition coefficient (Wildman–Crippen LogP) is 3.57. The van der Waals surface area contributed by atoms with E-state index in [4.69, 9.17) is 0 Å². The van der Waals surface area contributed by atoms with Crippen molar-refractivity contribution < 1.29 is 14.5 Å². The van der Waals surface area contributed by atoms with Crippen LogP contribution in [-0.2, 0) is 9.59 Å². The second-order valence-corrected chi connectivity index (χ2v) is 8.66. The van der Waals surface area contributed by atoms with Crippen molar-refractivity contribution in [2.45, 2.75) is 26.2 Å². The van der Waals surface area contributed by atoms with E-state index in [1.807, 2.05) is 0 Å². The lowest BCUT2D eigenvalue weighted by molar-refractivity contribution is -0.384. The van der Waals surface area contributed by atoms with Gasteiger partial charge in [0.15, 0.2) is 0 Å². The summed E-state index contributed by atoms with van der Waals surface area (Å²) in [6.45, 7) is 2.09. The Bertz CT molecular complexity index is 861. The summed E-state index contributed by atoms with van der Waals surface area (Å²) in [6, 6.07) is 5.72. The van der Waals surface area contributed by atoms with Crippen molar-refractivity contribution in [1.29, 1.82) is 0 Å². The molecule has 0 radical (unpaired) electrons. The van der Waals surface area contributed by atoms with Crippen LogP contribution in [0.3, 0.4) is 0 Å². The fourth-order valence-electron chi connectivity index (χ4n) is 6.22. The van der Waals surface area contributed by atoms with E-state index >= 15 is 0 Å². The monoisotopic (exact) mass is 366 g/mol. The number of hydrogen-bond acceptors (Lipinski definition) is 4. The topological polar surface area (TPSA) is 80.5 Å². The molecule has 2 amide bonds. The maximum Gasteiger partial charge on any atom is 0.269 e. The zero-order valence-corrected chi connectivity index (χ0v) is 15.2. The Morgan fingerprint density at radius 3 is 2.26 bits per heavy atom. The molecular formula is C21H22N2O4. The van der Waals surface area contributed by atoms with Gasteiger partial charge >= 0.3 is 0 Å². The van der Waals surface area contributed by atoms with Crippen molar-refractivity contribution in [3.63, 3.8) is 0 Å². The molecule has 140 valence electrons. The van der Waals surface area contributed by atoms with Crippen molar-refractivity contribution in [3.8, 4) is 0 Å². The first-order chi connectivity index (χ1) is 13.0. The first-order valence-electron chi connectivity index (χ1n) is 9.76. The summed E-state index contributed by atoms with van der Waals surface area (Å²) in [4.78, 5) is 38.1. The van der Waals surface area contributed by atoms with Crippen LogP contribution in [0.25, 0.3) is 0 Å². The number of fused-ring (bicyclic) bond motifs is 3. The third-order valence-corrected chi connectivity index (χ3v) is 7.32. The van der Waals surface area contributed by atoms with E-state index in [2.05, 4.69) is 19.1 Å². The molecule has 1 aromatic carbocycles. The van der Waals surface area contributed by atoms with E-state index in [9.17, 15) is 19.7 Å². The number of nitro groups is 1. The molecular weight excluding hydrogens is 344 g/mol. The fraction of sp³-hybridized carbons (Fsp3) is 0.524. The van der Waals surface area contributed by atoms with Gasteiger partial charge in [-0.2, -0.15) is 0 Å². The Morgan fingerprint density at radius 1 is 0.963 bits per heavy atom. The smallest absolute Gasteiger partial charge is 0.269 e. The van der Waals surface area contributed by atoms with Gasteiger partial charge in [-0.25, -0.2) is 0 Å². The molecule has 3 fully saturated rings. The molecule has 6 heteroatoms. The summed E-state index contributed by atoms with van der Waals surface area (Å²) in [5.41, 5.74) is 0.404. The molecule has 0 spiro atoms. The van der Waals surface area contributed by atoms with Crippen LogP contribution in [-0.4, -0.2) is 16.7 Å². The van der Waals surface area contributed by atoms with Crippen LogP contribution in [0.2, 0.25) is 0 Å². The number of nitro benzene ring substituents is 1. The molecule has 4 aliphatic rings. The Hall–Kier alpha value is -2.50. The molecule has 1 aliphatic heterocycles. The van der Waals surface area contributed by atoms with Crippen molar-refractivity contribution in [1.82, 2.24) is 0 Å². The predicted molar refractivity (Wildman–Crippen MR) is 98.7 cm³/mol. The van der Waals surface area contributed by atoms with E-state index in [-0.39, 0.29) is 41.2 Å². The molecule has 1 heterocycles. The minimum atomic E-state index is -0.479. The average Bonchev–Trinajstić information content (AvgIpc) is 3.39. The second-order valence-electron chi connectivity index (χ2n) is 8.66. The molecule has 1 saturated heterocycles. The second kappa shape index (κ2) is 5.75. The number of carbonyl (C=O) groups excluding carboxylic acids is 2. The summed E-state index contributed by atoms with van der Waals surface area (Å²) < 4.78 is 0. The van der Waals surface area contributed by atoms with Crippen LogP contribution in [0.5, 0.6) is 0 Å². The summed E-state index contributed by atoms with van der Waals surface area (Å²) in [5, 5.41) is 10.9. The quantitative estimate of drug-likeness (QED) is 0.354. The van der Waals surface area contributed by atoms with Gasteiger partial charge < -0.3 is 0 Å². The fourth-order valence-corrected chi connectivity index (χ4v) is 6.22. The molecule has 7 atom stereocenters. The van der Waals surface area contributed by atoms with E-state index in [1.54, 1.807) is 0 Å². The number of hydrogen-bond donors (Lipinski definition) is 0. The Morgan fingerprint density at radius 2 is 1.67 bits per heavy atom. The SMILES string of the molecule is CC1CC(C2CC3C=CC2C3)C2C(=O)N(c3ccc([N+](=O)[O-])cc3)C(=O)C12. The third-order valence-electron chi connectivity index (χ3n) is 7.32. The number of benzene rings is 1. The molecule has 5 rings (SSSR count). The molecule has 6 nitrogen and oxygen atoms in total. The lowest BCUT2D eigenvalue weighted by Gasteiger charge is -2.29.